The van der Waals surface area contributed by atoms with Gasteiger partial charge in [0.2, 0.25) is 0 Å². The third-order valence-electron chi connectivity index (χ3n) is 6.84. The van der Waals surface area contributed by atoms with Crippen molar-refractivity contribution < 1.29 is 4.39 Å². The van der Waals surface area contributed by atoms with Gasteiger partial charge in [-0.1, -0.05) is 82.3 Å². The van der Waals surface area contributed by atoms with Gasteiger partial charge >= 0.3 is 0 Å². The van der Waals surface area contributed by atoms with E-state index in [1.165, 1.54) is 28.2 Å². The lowest BCUT2D eigenvalue weighted by molar-refractivity contribution is 0.642. The Morgan fingerprint density at radius 2 is 1.34 bits per heavy atom. The van der Waals surface area contributed by atoms with Gasteiger partial charge in [-0.15, -0.1) is 11.3 Å². The number of para-hydroxylation sites is 3. The maximum absolute atomic E-state index is 14.7. The van der Waals surface area contributed by atoms with Gasteiger partial charge in [0.15, 0.2) is 0 Å². The Morgan fingerprint density at radius 3 is 2.06 bits per heavy atom. The number of aromatic nitrogens is 2. The predicted molar refractivity (Wildman–Crippen MR) is 148 cm³/mol. The van der Waals surface area contributed by atoms with Crippen LogP contribution in [0.2, 0.25) is 0 Å². The molecule has 0 aliphatic heterocycles. The van der Waals surface area contributed by atoms with E-state index in [1.807, 2.05) is 12.1 Å². The first-order valence-electron chi connectivity index (χ1n) is 12.2. The highest BCUT2D eigenvalue weighted by Gasteiger charge is 2.23. The molecule has 0 unspecified atom stereocenters. The molecule has 4 aromatic carbocycles. The molecule has 2 heterocycles. The molecule has 0 spiro atoms. The Kier molecular flexibility index (Phi) is 5.23. The molecule has 0 fully saturated rings. The molecule has 0 bridgehead atoms. The predicted octanol–water partition coefficient (Wildman–Crippen LogP) is 9.45. The molecule has 0 saturated heterocycles. The fourth-order valence-corrected chi connectivity index (χ4v) is 6.38. The highest BCUT2D eigenvalue weighted by atomic mass is 32.1. The molecule has 0 aliphatic carbocycles. The van der Waals surface area contributed by atoms with E-state index in [-0.39, 0.29) is 5.82 Å². The van der Waals surface area contributed by atoms with Crippen LogP contribution in [-0.4, -0.2) is 9.55 Å². The molecule has 0 amide bonds. The van der Waals surface area contributed by atoms with E-state index in [1.54, 1.807) is 12.1 Å². The first-order valence-corrected chi connectivity index (χ1v) is 13.0. The Labute approximate surface area is 208 Å². The second-order valence-electron chi connectivity index (χ2n) is 9.75. The molecule has 0 aliphatic rings. The van der Waals surface area contributed by atoms with Crippen molar-refractivity contribution in [3.05, 3.63) is 95.8 Å². The molecule has 6 rings (SSSR count). The molecule has 0 saturated carbocycles. The van der Waals surface area contributed by atoms with Gasteiger partial charge in [0.25, 0.3) is 0 Å². The van der Waals surface area contributed by atoms with Crippen molar-refractivity contribution in [2.75, 3.05) is 0 Å². The first-order chi connectivity index (χ1) is 17.0. The van der Waals surface area contributed by atoms with Crippen LogP contribution in [0, 0.1) is 5.82 Å². The summed E-state index contributed by atoms with van der Waals surface area (Å²) in [6, 6.07) is 26.6. The summed E-state index contributed by atoms with van der Waals surface area (Å²) in [5.41, 5.74) is 6.89. The molecule has 35 heavy (non-hydrogen) atoms. The average Bonchev–Trinajstić information content (AvgIpc) is 3.43. The first kappa shape index (κ1) is 22.0. The fourth-order valence-electron chi connectivity index (χ4n) is 5.16. The van der Waals surface area contributed by atoms with Crippen molar-refractivity contribution in [3.8, 4) is 17.1 Å². The van der Waals surface area contributed by atoms with Crippen LogP contribution in [0.5, 0.6) is 0 Å². The van der Waals surface area contributed by atoms with E-state index in [9.17, 15) is 4.39 Å². The van der Waals surface area contributed by atoms with E-state index >= 15 is 0 Å². The number of hydrogen-bond donors (Lipinski definition) is 0. The fraction of sp³-hybridized carbons (Fsp3) is 0.194. The number of benzene rings is 4. The van der Waals surface area contributed by atoms with Gasteiger partial charge in [-0.3, -0.25) is 4.57 Å². The zero-order chi connectivity index (χ0) is 24.3. The summed E-state index contributed by atoms with van der Waals surface area (Å²) >= 11 is 1.52. The summed E-state index contributed by atoms with van der Waals surface area (Å²) in [5.74, 6) is 1.44. The highest BCUT2D eigenvalue weighted by Crippen LogP contribution is 2.43. The summed E-state index contributed by atoms with van der Waals surface area (Å²) in [7, 11) is 0. The summed E-state index contributed by atoms with van der Waals surface area (Å²) in [4.78, 5) is 5.18. The van der Waals surface area contributed by atoms with Crippen LogP contribution in [0.1, 0.15) is 50.7 Å². The summed E-state index contributed by atoms with van der Waals surface area (Å²) < 4.78 is 18.9. The molecule has 4 heteroatoms. The highest BCUT2D eigenvalue weighted by molar-refractivity contribution is 7.26. The number of rotatable bonds is 4. The van der Waals surface area contributed by atoms with E-state index in [2.05, 4.69) is 86.9 Å². The van der Waals surface area contributed by atoms with E-state index in [4.69, 9.17) is 4.98 Å². The maximum Gasteiger partial charge on any atom is 0.147 e. The van der Waals surface area contributed by atoms with Crippen molar-refractivity contribution in [3.63, 3.8) is 0 Å². The second kappa shape index (κ2) is 8.31. The van der Waals surface area contributed by atoms with Crippen LogP contribution >= 0.6 is 11.3 Å². The monoisotopic (exact) mass is 478 g/mol. The lowest BCUT2D eigenvalue weighted by atomic mass is 9.92. The Bertz CT molecular complexity index is 1700. The van der Waals surface area contributed by atoms with Gasteiger partial charge in [0, 0.05) is 21.0 Å². The zero-order valence-corrected chi connectivity index (χ0v) is 21.2. The van der Waals surface area contributed by atoms with Crippen molar-refractivity contribution in [1.82, 2.24) is 9.55 Å². The zero-order valence-electron chi connectivity index (χ0n) is 20.3. The lowest BCUT2D eigenvalue weighted by Crippen LogP contribution is -2.08. The number of imidazole rings is 1. The smallest absolute Gasteiger partial charge is 0.147 e. The van der Waals surface area contributed by atoms with Crippen molar-refractivity contribution >= 4 is 42.5 Å². The summed E-state index contributed by atoms with van der Waals surface area (Å²) in [5, 5.41) is 2.03. The molecular weight excluding hydrogens is 451 g/mol. The number of halogens is 1. The molecule has 0 radical (unpaired) electrons. The second-order valence-corrected chi connectivity index (χ2v) is 10.8. The van der Waals surface area contributed by atoms with Crippen molar-refractivity contribution in [2.24, 2.45) is 0 Å². The molecule has 6 aromatic rings. The Hall–Kier alpha value is -3.50. The van der Waals surface area contributed by atoms with Crippen LogP contribution in [0.4, 0.5) is 4.39 Å². The third kappa shape index (κ3) is 3.39. The normalized spacial score (nSPS) is 12.1. The Balaban J connectivity index is 1.77. The maximum atomic E-state index is 14.7. The van der Waals surface area contributed by atoms with Crippen molar-refractivity contribution in [1.29, 1.82) is 0 Å². The molecule has 0 atom stereocenters. The lowest BCUT2D eigenvalue weighted by Gasteiger charge is -2.22. The molecule has 2 aromatic heterocycles. The average molecular weight is 479 g/mol. The van der Waals surface area contributed by atoms with Crippen LogP contribution in [-0.2, 0) is 0 Å². The minimum Gasteiger partial charge on any atom is -0.292 e. The summed E-state index contributed by atoms with van der Waals surface area (Å²) in [6.07, 6.45) is 0. The number of hydrogen-bond acceptors (Lipinski definition) is 2. The largest absolute Gasteiger partial charge is 0.292 e. The minimum absolute atomic E-state index is 0.171. The quantitative estimate of drug-likeness (QED) is 0.247. The number of thiophene rings is 1. The van der Waals surface area contributed by atoms with Crippen LogP contribution in [0.25, 0.3) is 48.3 Å². The van der Waals surface area contributed by atoms with Gasteiger partial charge in [0.1, 0.15) is 11.6 Å². The van der Waals surface area contributed by atoms with Crippen LogP contribution in [0.15, 0.2) is 78.9 Å². The van der Waals surface area contributed by atoms with Crippen LogP contribution < -0.4 is 0 Å². The third-order valence-corrected chi connectivity index (χ3v) is 8.11. The van der Waals surface area contributed by atoms with E-state index in [0.29, 0.717) is 16.5 Å². The number of nitrogens with zero attached hydrogens (tertiary/aromatic N) is 2. The minimum atomic E-state index is -0.171. The van der Waals surface area contributed by atoms with E-state index < -0.39 is 0 Å². The van der Waals surface area contributed by atoms with E-state index in [0.717, 1.165) is 37.9 Å². The van der Waals surface area contributed by atoms with Gasteiger partial charge in [-0.05, 0) is 47.2 Å². The van der Waals surface area contributed by atoms with Gasteiger partial charge < -0.3 is 0 Å². The summed E-state index contributed by atoms with van der Waals surface area (Å²) in [6.45, 7) is 8.99. The standard InChI is InChI=1S/C31H27FN2S/c1-18(2)20-10-7-11-21(19(3)4)28(20)34-27-17-6-5-16-26(27)33-31(34)24-14-8-12-22-23-13-9-15-25(32)30(23)35-29(22)24/h5-19H,1-4H3. The topological polar surface area (TPSA) is 17.8 Å². The van der Waals surface area contributed by atoms with Gasteiger partial charge in [-0.2, -0.15) is 0 Å². The van der Waals surface area contributed by atoms with Crippen molar-refractivity contribution in [2.45, 2.75) is 39.5 Å². The molecule has 2 nitrogen and oxygen atoms in total. The molecule has 0 N–H and O–H groups in total. The SMILES string of the molecule is CC(C)c1cccc(C(C)C)c1-n1c(-c2cccc3c2sc2c(F)cccc23)nc2ccccc21. The van der Waals surface area contributed by atoms with Crippen LogP contribution in [0.3, 0.4) is 0 Å². The molecular formula is C31H27FN2S. The molecule has 174 valence electrons. The number of fused-ring (bicyclic) bond motifs is 4. The van der Waals surface area contributed by atoms with Gasteiger partial charge in [0.05, 0.1) is 21.4 Å². The van der Waals surface area contributed by atoms with Gasteiger partial charge in [-0.25, -0.2) is 9.37 Å². The Morgan fingerprint density at radius 1 is 0.714 bits per heavy atom.